The third-order valence-electron chi connectivity index (χ3n) is 6.48. The van der Waals surface area contributed by atoms with Crippen molar-refractivity contribution >= 4 is 23.2 Å². The number of fused-ring (bicyclic) bond motifs is 5. The van der Waals surface area contributed by atoms with E-state index in [1.165, 1.54) is 12.1 Å². The van der Waals surface area contributed by atoms with Crippen molar-refractivity contribution in [2.75, 3.05) is 0 Å². The zero-order valence-corrected chi connectivity index (χ0v) is 16.8. The highest BCUT2D eigenvalue weighted by Crippen LogP contribution is 2.53. The van der Waals surface area contributed by atoms with Crippen LogP contribution in [0.2, 0.25) is 5.02 Å². The number of hydrogen-bond acceptors (Lipinski definition) is 4. The average Bonchev–Trinajstić information content (AvgIpc) is 3.33. The van der Waals surface area contributed by atoms with Gasteiger partial charge in [0.2, 0.25) is 0 Å². The minimum Gasteiger partial charge on any atom is -0.454 e. The third kappa shape index (κ3) is 2.82. The van der Waals surface area contributed by atoms with Gasteiger partial charge in [-0.05, 0) is 73.7 Å². The van der Waals surface area contributed by atoms with Crippen molar-refractivity contribution < 1.29 is 23.5 Å². The molecule has 2 aromatic rings. The van der Waals surface area contributed by atoms with Crippen LogP contribution in [0, 0.1) is 31.5 Å². The minimum atomic E-state index is -0.738. The van der Waals surface area contributed by atoms with Crippen molar-refractivity contribution in [3.63, 3.8) is 0 Å². The largest absolute Gasteiger partial charge is 0.454 e. The van der Waals surface area contributed by atoms with E-state index in [1.54, 1.807) is 18.2 Å². The molecule has 29 heavy (non-hydrogen) atoms. The summed E-state index contributed by atoms with van der Waals surface area (Å²) in [6.07, 6.45) is 1.49. The number of carbonyl (C=O) groups excluding carboxylic acids is 2. The Balaban J connectivity index is 1.48. The summed E-state index contributed by atoms with van der Waals surface area (Å²) in [5.74, 6) is -1.41. The molecule has 150 valence electrons. The van der Waals surface area contributed by atoms with E-state index >= 15 is 0 Å². The number of carbonyl (C=O) groups is 2. The fourth-order valence-electron chi connectivity index (χ4n) is 5.34. The van der Waals surface area contributed by atoms with Gasteiger partial charge in [-0.25, -0.2) is 4.39 Å². The van der Waals surface area contributed by atoms with E-state index in [4.69, 9.17) is 21.1 Å². The van der Waals surface area contributed by atoms with Crippen molar-refractivity contribution in [3.8, 4) is 11.5 Å². The molecule has 0 spiro atoms. The molecule has 4 nitrogen and oxygen atoms in total. The van der Waals surface area contributed by atoms with Crippen LogP contribution in [0.15, 0.2) is 30.3 Å². The number of ether oxygens (including phenoxy) is 2. The SMILES string of the molecule is Cc1cc(Oc2ccc(Cl)cc2F)cc(C)c1C1C(=O)[C@@H]2[C@H](C1=O)[C@H]1CC[C@@H]2O1. The summed E-state index contributed by atoms with van der Waals surface area (Å²) < 4.78 is 25.6. The van der Waals surface area contributed by atoms with E-state index in [0.717, 1.165) is 29.5 Å². The summed E-state index contributed by atoms with van der Waals surface area (Å²) in [5.41, 5.74) is 2.32. The number of halogens is 2. The standard InChI is InChI=1S/C23H20ClFO4/c1-10-7-13(28-15-4-3-12(24)9-14(15)25)8-11(2)18(10)21-22(26)19-16-5-6-17(29-16)20(19)23(21)27/h3-4,7-9,16-17,19-21H,5-6H2,1-2H3/t16-,17+,19-,20+,21?. The maximum atomic E-state index is 14.1. The summed E-state index contributed by atoms with van der Waals surface area (Å²) in [6.45, 7) is 3.71. The molecule has 1 aliphatic carbocycles. The Hall–Kier alpha value is -2.24. The Labute approximate surface area is 173 Å². The minimum absolute atomic E-state index is 0.0178. The van der Waals surface area contributed by atoms with Crippen LogP contribution in [0.4, 0.5) is 4.39 Å². The second-order valence-corrected chi connectivity index (χ2v) is 8.66. The van der Waals surface area contributed by atoms with Crippen LogP contribution in [0.1, 0.15) is 35.4 Å². The van der Waals surface area contributed by atoms with Gasteiger partial charge in [0.05, 0.1) is 24.0 Å². The van der Waals surface area contributed by atoms with E-state index in [0.29, 0.717) is 10.8 Å². The van der Waals surface area contributed by atoms with Crippen LogP contribution < -0.4 is 4.74 Å². The Bertz CT molecular complexity index is 998. The van der Waals surface area contributed by atoms with Gasteiger partial charge in [0.15, 0.2) is 23.1 Å². The molecule has 2 heterocycles. The lowest BCUT2D eigenvalue weighted by Gasteiger charge is -2.19. The van der Waals surface area contributed by atoms with Crippen LogP contribution in [0.25, 0.3) is 0 Å². The molecule has 2 aromatic carbocycles. The van der Waals surface area contributed by atoms with Crippen molar-refractivity contribution in [2.45, 2.75) is 44.8 Å². The monoisotopic (exact) mass is 414 g/mol. The highest BCUT2D eigenvalue weighted by atomic mass is 35.5. The van der Waals surface area contributed by atoms with Crippen LogP contribution in [-0.4, -0.2) is 23.8 Å². The van der Waals surface area contributed by atoms with Crippen molar-refractivity contribution in [2.24, 2.45) is 11.8 Å². The Kier molecular flexibility index (Phi) is 4.30. The first kappa shape index (κ1) is 18.8. The first-order valence-corrected chi connectivity index (χ1v) is 10.2. The van der Waals surface area contributed by atoms with E-state index in [-0.39, 0.29) is 41.4 Å². The van der Waals surface area contributed by atoms with Gasteiger partial charge in [-0.2, -0.15) is 0 Å². The molecular formula is C23H20ClFO4. The molecule has 3 fully saturated rings. The van der Waals surface area contributed by atoms with Crippen molar-refractivity contribution in [3.05, 3.63) is 57.9 Å². The number of Topliss-reactive ketones (excluding diaryl/α,β-unsaturated/α-hetero) is 2. The lowest BCUT2D eigenvalue weighted by molar-refractivity contribution is -0.127. The molecule has 2 aliphatic heterocycles. The summed E-state index contributed by atoms with van der Waals surface area (Å²) in [7, 11) is 0. The molecule has 3 aliphatic rings. The fraction of sp³-hybridized carbons (Fsp3) is 0.391. The molecule has 6 heteroatoms. The summed E-state index contributed by atoms with van der Waals surface area (Å²) >= 11 is 5.79. The average molecular weight is 415 g/mol. The van der Waals surface area contributed by atoms with Gasteiger partial charge in [-0.15, -0.1) is 0 Å². The predicted octanol–water partition coefficient (Wildman–Crippen LogP) is 4.92. The second kappa shape index (κ2) is 6.64. The first-order chi connectivity index (χ1) is 13.8. The maximum Gasteiger partial charge on any atom is 0.167 e. The van der Waals surface area contributed by atoms with Gasteiger partial charge < -0.3 is 9.47 Å². The molecule has 2 bridgehead atoms. The number of hydrogen-bond donors (Lipinski definition) is 0. The molecule has 0 aromatic heterocycles. The number of aryl methyl sites for hydroxylation is 2. The highest BCUT2D eigenvalue weighted by molar-refractivity contribution is 6.30. The molecule has 5 atom stereocenters. The molecule has 0 radical (unpaired) electrons. The van der Waals surface area contributed by atoms with E-state index in [2.05, 4.69) is 0 Å². The fourth-order valence-corrected chi connectivity index (χ4v) is 5.50. The van der Waals surface area contributed by atoms with Crippen molar-refractivity contribution in [1.82, 2.24) is 0 Å². The maximum absolute atomic E-state index is 14.1. The zero-order chi connectivity index (χ0) is 20.4. The van der Waals surface area contributed by atoms with Crippen molar-refractivity contribution in [1.29, 1.82) is 0 Å². The quantitative estimate of drug-likeness (QED) is 0.669. The first-order valence-electron chi connectivity index (χ1n) is 9.82. The highest BCUT2D eigenvalue weighted by Gasteiger charge is 2.63. The molecular weight excluding hydrogens is 395 g/mol. The lowest BCUT2D eigenvalue weighted by atomic mass is 9.81. The van der Waals surface area contributed by atoms with Gasteiger partial charge in [-0.1, -0.05) is 11.6 Å². The summed E-state index contributed by atoms with van der Waals surface area (Å²) in [5, 5.41) is 0.291. The molecule has 2 saturated heterocycles. The smallest absolute Gasteiger partial charge is 0.167 e. The van der Waals surface area contributed by atoms with Crippen LogP contribution >= 0.6 is 11.6 Å². The number of rotatable bonds is 3. The Morgan fingerprint density at radius 3 is 2.14 bits per heavy atom. The predicted molar refractivity (Wildman–Crippen MR) is 105 cm³/mol. The van der Waals surface area contributed by atoms with Gasteiger partial charge in [0.25, 0.3) is 0 Å². The number of ketones is 2. The molecule has 5 rings (SSSR count). The zero-order valence-electron chi connectivity index (χ0n) is 16.1. The third-order valence-corrected chi connectivity index (χ3v) is 6.71. The molecule has 1 unspecified atom stereocenters. The van der Waals surface area contributed by atoms with Gasteiger partial charge in [-0.3, -0.25) is 9.59 Å². The van der Waals surface area contributed by atoms with E-state index < -0.39 is 11.7 Å². The van der Waals surface area contributed by atoms with E-state index in [9.17, 15) is 14.0 Å². The van der Waals surface area contributed by atoms with Gasteiger partial charge in [0, 0.05) is 5.02 Å². The molecule has 0 N–H and O–H groups in total. The number of benzene rings is 2. The van der Waals surface area contributed by atoms with E-state index in [1.807, 2.05) is 13.8 Å². The van der Waals surface area contributed by atoms with Gasteiger partial charge >= 0.3 is 0 Å². The lowest BCUT2D eigenvalue weighted by Crippen LogP contribution is -2.29. The molecule has 1 saturated carbocycles. The normalized spacial score (nSPS) is 30.1. The Morgan fingerprint density at radius 2 is 1.59 bits per heavy atom. The van der Waals surface area contributed by atoms with Crippen LogP contribution in [0.3, 0.4) is 0 Å². The van der Waals surface area contributed by atoms with Gasteiger partial charge in [0.1, 0.15) is 11.7 Å². The van der Waals surface area contributed by atoms with Crippen LogP contribution in [-0.2, 0) is 14.3 Å². The second-order valence-electron chi connectivity index (χ2n) is 8.23. The Morgan fingerprint density at radius 1 is 1.00 bits per heavy atom. The summed E-state index contributed by atoms with van der Waals surface area (Å²) in [4.78, 5) is 26.3. The van der Waals surface area contributed by atoms with Crippen LogP contribution in [0.5, 0.6) is 11.5 Å². The summed E-state index contributed by atoms with van der Waals surface area (Å²) in [6, 6.07) is 7.71. The topological polar surface area (TPSA) is 52.6 Å². The molecule has 0 amide bonds.